The Morgan fingerprint density at radius 2 is 1.74 bits per heavy atom. The Hall–Kier alpha value is -3.40. The summed E-state index contributed by atoms with van der Waals surface area (Å²) in [6.45, 7) is 6.78. The van der Waals surface area contributed by atoms with Gasteiger partial charge in [0, 0.05) is 25.1 Å². The van der Waals surface area contributed by atoms with Crippen molar-refractivity contribution < 1.29 is 9.59 Å². The average molecular weight is 413 g/mol. The fourth-order valence-corrected chi connectivity index (χ4v) is 4.34. The van der Waals surface area contributed by atoms with Crippen LogP contribution in [0.2, 0.25) is 0 Å². The van der Waals surface area contributed by atoms with Crippen LogP contribution >= 0.6 is 0 Å². The molecule has 0 bridgehead atoms. The second-order valence-electron chi connectivity index (χ2n) is 8.60. The van der Waals surface area contributed by atoms with E-state index in [1.54, 1.807) is 4.90 Å². The molecule has 4 rings (SSSR count). The van der Waals surface area contributed by atoms with Crippen molar-refractivity contribution in [2.24, 2.45) is 0 Å². The Bertz CT molecular complexity index is 1140. The van der Waals surface area contributed by atoms with Crippen LogP contribution in [0.5, 0.6) is 0 Å². The number of benzene rings is 3. The maximum Gasteiger partial charge on any atom is 0.255 e. The maximum absolute atomic E-state index is 13.5. The van der Waals surface area contributed by atoms with Crippen molar-refractivity contribution in [1.29, 1.82) is 0 Å². The number of rotatable bonds is 5. The summed E-state index contributed by atoms with van der Waals surface area (Å²) in [5, 5.41) is 3.10. The average Bonchev–Trinajstić information content (AvgIpc) is 2.76. The molecule has 4 nitrogen and oxygen atoms in total. The summed E-state index contributed by atoms with van der Waals surface area (Å²) < 4.78 is 0. The summed E-state index contributed by atoms with van der Waals surface area (Å²) in [6.07, 6.45) is 0.486. The molecule has 3 aromatic rings. The molecule has 0 radical (unpaired) electrons. The molecule has 1 aliphatic rings. The minimum Gasteiger partial charge on any atom is -0.350 e. The molecule has 0 aliphatic carbocycles. The number of aryl methyl sites for hydroxylation is 2. The number of nitrogens with zero attached hydrogens (tertiary/aromatic N) is 1. The molecule has 1 atom stereocenters. The van der Waals surface area contributed by atoms with Gasteiger partial charge in [-0.15, -0.1) is 0 Å². The molecule has 2 amide bonds. The van der Waals surface area contributed by atoms with Gasteiger partial charge in [0.15, 0.2) is 0 Å². The molecule has 0 saturated heterocycles. The lowest BCUT2D eigenvalue weighted by Crippen LogP contribution is -2.62. The number of hydrogen-bond acceptors (Lipinski definition) is 2. The van der Waals surface area contributed by atoms with Crippen LogP contribution in [-0.2, 0) is 24.3 Å². The second-order valence-corrected chi connectivity index (χ2v) is 8.60. The van der Waals surface area contributed by atoms with Gasteiger partial charge in [-0.05, 0) is 49.1 Å². The zero-order valence-electron chi connectivity index (χ0n) is 18.3. The molecule has 0 fully saturated rings. The van der Waals surface area contributed by atoms with Crippen LogP contribution in [-0.4, -0.2) is 22.3 Å². The van der Waals surface area contributed by atoms with Crippen LogP contribution in [0.3, 0.4) is 0 Å². The van der Waals surface area contributed by atoms with Crippen molar-refractivity contribution in [1.82, 2.24) is 10.2 Å². The number of fused-ring (bicyclic) bond motifs is 1. The fraction of sp³-hybridized carbons (Fsp3) is 0.259. The summed E-state index contributed by atoms with van der Waals surface area (Å²) >= 11 is 0. The zero-order chi connectivity index (χ0) is 22.0. The smallest absolute Gasteiger partial charge is 0.255 e. The van der Waals surface area contributed by atoms with Gasteiger partial charge in [0.05, 0.1) is 0 Å². The third kappa shape index (κ3) is 4.11. The van der Waals surface area contributed by atoms with Gasteiger partial charge in [0.1, 0.15) is 5.54 Å². The standard InChI is InChI=1S/C27H28N2O2/c1-19-9-8-11-21(15-19)18-29-25(30)24-14-7-6-12-22(24)16-27(29,3)26(31)28-17-23-13-5-4-10-20(23)2/h4-15H,16-18H2,1-3H3,(H,28,31)/t27-/m1/s1. The van der Waals surface area contributed by atoms with Gasteiger partial charge in [0.25, 0.3) is 5.91 Å². The van der Waals surface area contributed by atoms with Gasteiger partial charge in [-0.3, -0.25) is 9.59 Å². The Kier molecular flexibility index (Phi) is 5.64. The normalized spacial score (nSPS) is 17.9. The minimum atomic E-state index is -0.974. The first-order valence-electron chi connectivity index (χ1n) is 10.7. The van der Waals surface area contributed by atoms with Gasteiger partial charge in [-0.25, -0.2) is 0 Å². The maximum atomic E-state index is 13.5. The SMILES string of the molecule is Cc1cccc(CN2C(=O)c3ccccc3C[C@]2(C)C(=O)NCc2ccccc2C)c1. The number of nitrogens with one attached hydrogen (secondary N) is 1. The molecule has 1 aliphatic heterocycles. The molecule has 0 unspecified atom stereocenters. The van der Waals surface area contributed by atoms with Gasteiger partial charge in [0.2, 0.25) is 5.91 Å². The zero-order valence-corrected chi connectivity index (χ0v) is 18.3. The first-order chi connectivity index (χ1) is 14.9. The van der Waals surface area contributed by atoms with Crippen LogP contribution < -0.4 is 5.32 Å². The fourth-order valence-electron chi connectivity index (χ4n) is 4.34. The van der Waals surface area contributed by atoms with Crippen molar-refractivity contribution >= 4 is 11.8 Å². The van der Waals surface area contributed by atoms with Crippen LogP contribution in [0.4, 0.5) is 0 Å². The van der Waals surface area contributed by atoms with E-state index in [1.807, 2.05) is 87.5 Å². The van der Waals surface area contributed by atoms with E-state index >= 15 is 0 Å². The predicted molar refractivity (Wildman–Crippen MR) is 123 cm³/mol. The van der Waals surface area contributed by atoms with Crippen molar-refractivity contribution in [2.75, 3.05) is 0 Å². The first kappa shape index (κ1) is 20.9. The highest BCUT2D eigenvalue weighted by Gasteiger charge is 2.46. The van der Waals surface area contributed by atoms with E-state index in [1.165, 1.54) is 0 Å². The predicted octanol–water partition coefficient (Wildman–Crippen LogP) is 4.58. The highest BCUT2D eigenvalue weighted by Crippen LogP contribution is 2.33. The van der Waals surface area contributed by atoms with E-state index in [0.717, 1.165) is 27.8 Å². The van der Waals surface area contributed by atoms with E-state index in [-0.39, 0.29) is 11.8 Å². The molecule has 4 heteroatoms. The lowest BCUT2D eigenvalue weighted by atomic mass is 9.82. The van der Waals surface area contributed by atoms with E-state index in [0.29, 0.717) is 25.1 Å². The van der Waals surface area contributed by atoms with E-state index < -0.39 is 5.54 Å². The van der Waals surface area contributed by atoms with Crippen LogP contribution in [0.15, 0.2) is 72.8 Å². The Morgan fingerprint density at radius 1 is 1.00 bits per heavy atom. The minimum absolute atomic E-state index is 0.100. The quantitative estimate of drug-likeness (QED) is 0.667. The molecule has 0 saturated carbocycles. The van der Waals surface area contributed by atoms with Crippen LogP contribution in [0.1, 0.15) is 45.1 Å². The highest BCUT2D eigenvalue weighted by molar-refractivity contribution is 6.02. The lowest BCUT2D eigenvalue weighted by Gasteiger charge is -2.44. The summed E-state index contributed by atoms with van der Waals surface area (Å²) in [5.41, 5.74) is 4.99. The van der Waals surface area contributed by atoms with E-state index in [9.17, 15) is 9.59 Å². The second kappa shape index (κ2) is 8.38. The number of carbonyl (C=O) groups excluding carboxylic acids is 2. The van der Waals surface area contributed by atoms with E-state index in [4.69, 9.17) is 0 Å². The Balaban J connectivity index is 1.66. The molecular formula is C27H28N2O2. The summed E-state index contributed by atoms with van der Waals surface area (Å²) in [5.74, 6) is -0.233. The molecule has 1 N–H and O–H groups in total. The summed E-state index contributed by atoms with van der Waals surface area (Å²) in [6, 6.07) is 23.7. The number of hydrogen-bond donors (Lipinski definition) is 1. The highest BCUT2D eigenvalue weighted by atomic mass is 16.2. The van der Waals surface area contributed by atoms with Gasteiger partial charge >= 0.3 is 0 Å². The number of carbonyl (C=O) groups is 2. The molecular weight excluding hydrogens is 384 g/mol. The van der Waals surface area contributed by atoms with Crippen LogP contribution in [0, 0.1) is 13.8 Å². The topological polar surface area (TPSA) is 49.4 Å². The molecule has 3 aromatic carbocycles. The summed E-state index contributed by atoms with van der Waals surface area (Å²) in [4.78, 5) is 28.8. The van der Waals surface area contributed by atoms with Gasteiger partial charge < -0.3 is 10.2 Å². The molecule has 158 valence electrons. The van der Waals surface area contributed by atoms with Crippen molar-refractivity contribution in [3.8, 4) is 0 Å². The summed E-state index contributed by atoms with van der Waals surface area (Å²) in [7, 11) is 0. The molecule has 31 heavy (non-hydrogen) atoms. The largest absolute Gasteiger partial charge is 0.350 e. The number of amides is 2. The Morgan fingerprint density at radius 3 is 2.52 bits per heavy atom. The molecule has 0 spiro atoms. The van der Waals surface area contributed by atoms with Crippen LogP contribution in [0.25, 0.3) is 0 Å². The van der Waals surface area contributed by atoms with Gasteiger partial charge in [-0.1, -0.05) is 72.3 Å². The third-order valence-corrected chi connectivity index (χ3v) is 6.24. The van der Waals surface area contributed by atoms with Crippen molar-refractivity contribution in [2.45, 2.75) is 45.8 Å². The monoisotopic (exact) mass is 412 g/mol. The Labute approximate surface area is 183 Å². The lowest BCUT2D eigenvalue weighted by molar-refractivity contribution is -0.132. The first-order valence-corrected chi connectivity index (χ1v) is 10.7. The molecule has 1 heterocycles. The molecule has 0 aromatic heterocycles. The van der Waals surface area contributed by atoms with Crippen molar-refractivity contribution in [3.05, 3.63) is 106 Å². The van der Waals surface area contributed by atoms with Gasteiger partial charge in [-0.2, -0.15) is 0 Å². The third-order valence-electron chi connectivity index (χ3n) is 6.24. The van der Waals surface area contributed by atoms with E-state index in [2.05, 4.69) is 11.4 Å². The van der Waals surface area contributed by atoms with Crippen molar-refractivity contribution in [3.63, 3.8) is 0 Å².